The van der Waals surface area contributed by atoms with Gasteiger partial charge in [0.2, 0.25) is 11.8 Å². The quantitative estimate of drug-likeness (QED) is 0.809. The third-order valence-corrected chi connectivity index (χ3v) is 4.09. The van der Waals surface area contributed by atoms with E-state index in [1.807, 2.05) is 38.1 Å². The van der Waals surface area contributed by atoms with Crippen LogP contribution in [0.15, 0.2) is 24.3 Å². The monoisotopic (exact) mass is 340 g/mol. The van der Waals surface area contributed by atoms with E-state index >= 15 is 0 Å². The third kappa shape index (κ3) is 4.63. The molecule has 1 N–H and O–H groups in total. The highest BCUT2D eigenvalue weighted by molar-refractivity contribution is 9.10. The topological polar surface area (TPSA) is 49.4 Å². The number of aryl methyl sites for hydroxylation is 1. The third-order valence-electron chi connectivity index (χ3n) is 3.06. The van der Waals surface area contributed by atoms with Crippen molar-refractivity contribution in [3.05, 3.63) is 29.8 Å². The molecule has 4 nitrogen and oxygen atoms in total. The van der Waals surface area contributed by atoms with Gasteiger partial charge in [-0.2, -0.15) is 0 Å². The Morgan fingerprint density at radius 3 is 2.55 bits per heavy atom. The van der Waals surface area contributed by atoms with Gasteiger partial charge in [-0.05, 0) is 24.5 Å². The van der Waals surface area contributed by atoms with Crippen molar-refractivity contribution in [1.82, 2.24) is 4.90 Å². The van der Waals surface area contributed by atoms with E-state index in [0.717, 1.165) is 17.7 Å². The van der Waals surface area contributed by atoms with E-state index < -0.39 is 0 Å². The van der Waals surface area contributed by atoms with Gasteiger partial charge in [-0.3, -0.25) is 9.59 Å². The van der Waals surface area contributed by atoms with Crippen LogP contribution in [0.5, 0.6) is 0 Å². The van der Waals surface area contributed by atoms with E-state index in [4.69, 9.17) is 0 Å². The summed E-state index contributed by atoms with van der Waals surface area (Å²) in [5, 5.41) is 2.86. The molecule has 1 atom stereocenters. The van der Waals surface area contributed by atoms with Gasteiger partial charge < -0.3 is 10.2 Å². The number of carbonyl (C=O) groups excluding carboxylic acids is 2. The molecular weight excluding hydrogens is 320 g/mol. The van der Waals surface area contributed by atoms with Gasteiger partial charge in [0.25, 0.3) is 0 Å². The molecule has 0 aliphatic rings. The van der Waals surface area contributed by atoms with Crippen molar-refractivity contribution in [3.8, 4) is 0 Å². The van der Waals surface area contributed by atoms with Gasteiger partial charge in [-0.25, -0.2) is 0 Å². The van der Waals surface area contributed by atoms with Crippen molar-refractivity contribution in [2.24, 2.45) is 0 Å². The Bertz CT molecular complexity index is 477. The van der Waals surface area contributed by atoms with Crippen LogP contribution in [0.1, 0.15) is 25.8 Å². The molecule has 0 aliphatic heterocycles. The minimum Gasteiger partial charge on any atom is -0.335 e. The second-order valence-electron chi connectivity index (χ2n) is 4.63. The van der Waals surface area contributed by atoms with Crippen LogP contribution in [0.3, 0.4) is 0 Å². The standard InChI is InChI=1S/C15H21BrN2O2/c1-4-11-8-6-7-9-13(11)17-14(19)10-18(3)15(20)12(16)5-2/h6-9,12H,4-5,10H2,1-3H3,(H,17,19). The highest BCUT2D eigenvalue weighted by Gasteiger charge is 2.19. The zero-order chi connectivity index (χ0) is 15.1. The van der Waals surface area contributed by atoms with E-state index in [1.165, 1.54) is 4.90 Å². The number of hydrogen-bond acceptors (Lipinski definition) is 2. The average Bonchev–Trinajstić information content (AvgIpc) is 2.45. The number of nitrogens with zero attached hydrogens (tertiary/aromatic N) is 1. The average molecular weight is 341 g/mol. The Hall–Kier alpha value is -1.36. The number of nitrogens with one attached hydrogen (secondary N) is 1. The maximum Gasteiger partial charge on any atom is 0.243 e. The van der Waals surface area contributed by atoms with Crippen LogP contribution in [0.25, 0.3) is 0 Å². The summed E-state index contributed by atoms with van der Waals surface area (Å²) in [5.41, 5.74) is 1.90. The first-order valence-electron chi connectivity index (χ1n) is 6.76. The number of alkyl halides is 1. The Balaban J connectivity index is 2.62. The lowest BCUT2D eigenvalue weighted by Gasteiger charge is -2.19. The largest absolute Gasteiger partial charge is 0.335 e. The zero-order valence-corrected chi connectivity index (χ0v) is 13.7. The van der Waals surface area contributed by atoms with Gasteiger partial charge in [0.05, 0.1) is 11.4 Å². The lowest BCUT2D eigenvalue weighted by molar-refractivity contribution is -0.132. The molecule has 0 radical (unpaired) electrons. The summed E-state index contributed by atoms with van der Waals surface area (Å²) in [6, 6.07) is 7.68. The first kappa shape index (κ1) is 16.7. The molecule has 1 aromatic carbocycles. The number of carbonyl (C=O) groups is 2. The van der Waals surface area contributed by atoms with Crippen LogP contribution in [0.2, 0.25) is 0 Å². The molecule has 1 unspecified atom stereocenters. The smallest absolute Gasteiger partial charge is 0.243 e. The van der Waals surface area contributed by atoms with E-state index in [0.29, 0.717) is 6.42 Å². The number of anilines is 1. The van der Waals surface area contributed by atoms with Gasteiger partial charge in [0, 0.05) is 12.7 Å². The minimum atomic E-state index is -0.233. The maximum atomic E-state index is 12.0. The molecule has 5 heteroatoms. The Morgan fingerprint density at radius 2 is 1.95 bits per heavy atom. The van der Waals surface area contributed by atoms with Gasteiger partial charge in [-0.15, -0.1) is 0 Å². The number of rotatable bonds is 6. The Morgan fingerprint density at radius 1 is 1.30 bits per heavy atom. The second kappa shape index (κ2) is 8.04. The maximum absolute atomic E-state index is 12.0. The lowest BCUT2D eigenvalue weighted by atomic mass is 10.1. The fourth-order valence-electron chi connectivity index (χ4n) is 1.85. The first-order valence-corrected chi connectivity index (χ1v) is 7.67. The predicted molar refractivity (Wildman–Crippen MR) is 85.1 cm³/mol. The molecule has 2 amide bonds. The molecule has 0 saturated carbocycles. The van der Waals surface area contributed by atoms with Crippen LogP contribution in [-0.2, 0) is 16.0 Å². The summed E-state index contributed by atoms with van der Waals surface area (Å²) >= 11 is 3.30. The van der Waals surface area contributed by atoms with Gasteiger partial charge in [0.15, 0.2) is 0 Å². The zero-order valence-electron chi connectivity index (χ0n) is 12.1. The predicted octanol–water partition coefficient (Wildman–Crippen LogP) is 2.82. The summed E-state index contributed by atoms with van der Waals surface area (Å²) < 4.78 is 0. The molecule has 0 saturated heterocycles. The molecule has 110 valence electrons. The normalized spacial score (nSPS) is 11.8. The molecule has 0 spiro atoms. The number of hydrogen-bond donors (Lipinski definition) is 1. The molecule has 0 heterocycles. The number of para-hydroxylation sites is 1. The number of amides is 2. The summed E-state index contributed by atoms with van der Waals surface area (Å²) in [5.74, 6) is -0.260. The van der Waals surface area contributed by atoms with Gasteiger partial charge in [0.1, 0.15) is 0 Å². The van der Waals surface area contributed by atoms with Crippen LogP contribution in [0, 0.1) is 0 Å². The summed E-state index contributed by atoms with van der Waals surface area (Å²) in [6.45, 7) is 4.01. The molecule has 0 fully saturated rings. The van der Waals surface area contributed by atoms with E-state index in [-0.39, 0.29) is 23.2 Å². The minimum absolute atomic E-state index is 0.0545. The van der Waals surface area contributed by atoms with E-state index in [1.54, 1.807) is 7.05 Å². The van der Waals surface area contributed by atoms with E-state index in [2.05, 4.69) is 21.2 Å². The van der Waals surface area contributed by atoms with Crippen LogP contribution in [0.4, 0.5) is 5.69 Å². The van der Waals surface area contributed by atoms with Gasteiger partial charge >= 0.3 is 0 Å². The van der Waals surface area contributed by atoms with Crippen LogP contribution >= 0.6 is 15.9 Å². The molecule has 0 aromatic heterocycles. The highest BCUT2D eigenvalue weighted by Crippen LogP contribution is 2.15. The molecule has 1 aromatic rings. The van der Waals surface area contributed by atoms with E-state index in [9.17, 15) is 9.59 Å². The van der Waals surface area contributed by atoms with Crippen LogP contribution < -0.4 is 5.32 Å². The molecular formula is C15H21BrN2O2. The first-order chi connectivity index (χ1) is 9.49. The van der Waals surface area contributed by atoms with Crippen molar-refractivity contribution in [1.29, 1.82) is 0 Å². The van der Waals surface area contributed by atoms with Crippen LogP contribution in [-0.4, -0.2) is 35.1 Å². The van der Waals surface area contributed by atoms with Crippen molar-refractivity contribution in [2.75, 3.05) is 18.9 Å². The summed E-state index contributed by atoms with van der Waals surface area (Å²) in [7, 11) is 1.64. The van der Waals surface area contributed by atoms with Crippen molar-refractivity contribution in [3.63, 3.8) is 0 Å². The fourth-order valence-corrected chi connectivity index (χ4v) is 2.20. The molecule has 20 heavy (non-hydrogen) atoms. The van der Waals surface area contributed by atoms with Gasteiger partial charge in [-0.1, -0.05) is 48.0 Å². The highest BCUT2D eigenvalue weighted by atomic mass is 79.9. The fraction of sp³-hybridized carbons (Fsp3) is 0.467. The van der Waals surface area contributed by atoms with Crippen molar-refractivity contribution in [2.45, 2.75) is 31.5 Å². The summed E-state index contributed by atoms with van der Waals surface area (Å²) in [6.07, 6.45) is 1.55. The second-order valence-corrected chi connectivity index (χ2v) is 5.73. The van der Waals surface area contributed by atoms with Crippen molar-refractivity contribution < 1.29 is 9.59 Å². The number of benzene rings is 1. The molecule has 0 bridgehead atoms. The Kier molecular flexibility index (Phi) is 6.71. The lowest BCUT2D eigenvalue weighted by Crippen LogP contribution is -2.38. The molecule has 1 rings (SSSR count). The summed E-state index contributed by atoms with van der Waals surface area (Å²) in [4.78, 5) is 25.1. The Labute approximate surface area is 128 Å². The SMILES string of the molecule is CCc1ccccc1NC(=O)CN(C)C(=O)C(Br)CC. The van der Waals surface area contributed by atoms with Crippen molar-refractivity contribution >= 4 is 33.4 Å². The molecule has 0 aliphatic carbocycles. The number of likely N-dealkylation sites (N-methyl/N-ethyl adjacent to an activating group) is 1. The number of halogens is 1.